The average molecular weight is 1900 g/mol. The third kappa shape index (κ3) is 20.1. The molecule has 6 bridgehead atoms. The molecule has 1 aromatic carbocycles. The molecule has 140 heavy (non-hydrogen) atoms. The van der Waals surface area contributed by atoms with Gasteiger partial charge in [-0.1, -0.05) is 35.9 Å². The number of ether oxygens (including phenoxy) is 8. The van der Waals surface area contributed by atoms with E-state index in [1.54, 1.807) is 79.5 Å². The van der Waals surface area contributed by atoms with Crippen LogP contribution in [0.25, 0.3) is 49.9 Å². The summed E-state index contributed by atoms with van der Waals surface area (Å²) in [6.45, 7) is 13.7. The fraction of sp³-hybridized carbons (Fsp3) is 0.388. The summed E-state index contributed by atoms with van der Waals surface area (Å²) in [5.41, 5.74) is 11.0. The Hall–Kier alpha value is -15.0. The van der Waals surface area contributed by atoms with E-state index >= 15 is 0 Å². The second-order valence-electron chi connectivity index (χ2n) is 37.0. The van der Waals surface area contributed by atoms with E-state index in [2.05, 4.69) is 126 Å². The Morgan fingerprint density at radius 1 is 0.400 bits per heavy atom. The number of hydrogen-bond acceptors (Lipinski definition) is 33. The fourth-order valence-electron chi connectivity index (χ4n) is 20.0. The highest BCUT2D eigenvalue weighted by molar-refractivity contribution is 7.86. The quantitative estimate of drug-likeness (QED) is 0.0519. The van der Waals surface area contributed by atoms with Gasteiger partial charge in [-0.15, -0.1) is 0 Å². The number of fused-ring (bicyclic) bond motifs is 9. The SMILES string of the molecule is COc1ccc(CN2C3CC2CN(c2ccc(-c4cc(O)cn5ncc(C#N)c45)cn2)C3)cn1.COc1ccc(CN2C3CC2CN(c2ccc(-c4cc(OCC5(C#N)CCOCC5)cn5ncc(C#N)c45)cn2)C3)cn1.COc1ccc(CN2C3CC2CN(c2ccc(-c4cc(OCC5(C#N)CCOCC5)cn5ncc(C#N)c45)cn2)C3)cn1.Cc1ccc(S(=O)(=O)OCC2(C#N)CCOCC2)cc1. The predicted octanol–water partition coefficient (Wildman–Crippen LogP) is 12.5. The summed E-state index contributed by atoms with van der Waals surface area (Å²) in [6.07, 6.45) is 28.0. The van der Waals surface area contributed by atoms with Crippen LogP contribution in [0.2, 0.25) is 0 Å². The molecule has 0 amide bonds. The van der Waals surface area contributed by atoms with Gasteiger partial charge in [0, 0.05) is 224 Å². The van der Waals surface area contributed by atoms with Crippen LogP contribution in [-0.4, -0.2) is 243 Å². The molecule has 12 aromatic heterocycles. The van der Waals surface area contributed by atoms with Crippen LogP contribution in [-0.2, 0) is 48.1 Å². The van der Waals surface area contributed by atoms with Crippen LogP contribution in [0.5, 0.6) is 34.9 Å². The van der Waals surface area contributed by atoms with Gasteiger partial charge in [-0.25, -0.2) is 43.5 Å². The lowest BCUT2D eigenvalue weighted by Crippen LogP contribution is -2.68. The normalized spacial score (nSPS) is 20.3. The van der Waals surface area contributed by atoms with Crippen LogP contribution in [0.1, 0.15) is 96.7 Å². The minimum absolute atomic E-state index is 0.0856. The molecule has 1 N–H and O–H groups in total. The van der Waals surface area contributed by atoms with E-state index in [0.717, 1.165) is 115 Å². The van der Waals surface area contributed by atoms with Gasteiger partial charge in [0.2, 0.25) is 17.6 Å². The number of pyridine rings is 9. The number of aromatic nitrogens is 12. The predicted molar refractivity (Wildman–Crippen MR) is 513 cm³/mol. The van der Waals surface area contributed by atoms with E-state index in [0.29, 0.717) is 177 Å². The molecule has 6 unspecified atom stereocenters. The van der Waals surface area contributed by atoms with Crippen molar-refractivity contribution in [3.63, 3.8) is 0 Å². The summed E-state index contributed by atoms with van der Waals surface area (Å²) in [4.78, 5) is 42.3. The minimum Gasteiger partial charge on any atom is -0.506 e. The molecule has 12 aliphatic rings. The van der Waals surface area contributed by atoms with Crippen molar-refractivity contribution in [3.05, 3.63) is 229 Å². The van der Waals surface area contributed by atoms with Crippen molar-refractivity contribution in [2.45, 2.75) is 125 Å². The highest BCUT2D eigenvalue weighted by Gasteiger charge is 2.48. The summed E-state index contributed by atoms with van der Waals surface area (Å²) < 4.78 is 78.1. The summed E-state index contributed by atoms with van der Waals surface area (Å²) in [5.74, 6) is 5.98. The van der Waals surface area contributed by atoms with E-state index in [4.69, 9.17) is 57.0 Å². The van der Waals surface area contributed by atoms with Gasteiger partial charge in [0.15, 0.2) is 0 Å². The number of nitrogens with zero attached hydrogens (tertiary/aromatic N) is 24. The number of piperazine rings is 3. The molecule has 37 heteroatoms. The highest BCUT2D eigenvalue weighted by Crippen LogP contribution is 2.44. The number of piperidine rings is 3. The third-order valence-corrected chi connectivity index (χ3v) is 29.6. The van der Waals surface area contributed by atoms with Crippen molar-refractivity contribution in [1.29, 1.82) is 31.6 Å². The number of methoxy groups -OCH3 is 3. The van der Waals surface area contributed by atoms with Gasteiger partial charge >= 0.3 is 0 Å². The molecular formula is C103H104N24O12S. The average Bonchev–Trinajstić information content (AvgIpc) is 1.65. The maximum atomic E-state index is 12.1. The molecule has 0 spiro atoms. The Balaban J connectivity index is 0.000000123. The molecule has 12 aliphatic heterocycles. The fourth-order valence-corrected chi connectivity index (χ4v) is 21.0. The van der Waals surface area contributed by atoms with Gasteiger partial charge in [0.25, 0.3) is 10.1 Å². The van der Waals surface area contributed by atoms with Gasteiger partial charge in [-0.3, -0.25) is 18.9 Å². The van der Waals surface area contributed by atoms with E-state index in [1.165, 1.54) is 65.0 Å². The summed E-state index contributed by atoms with van der Waals surface area (Å²) in [6, 6.07) is 52.8. The van der Waals surface area contributed by atoms with Crippen molar-refractivity contribution in [1.82, 2.24) is 73.4 Å². The monoisotopic (exact) mass is 1900 g/mol. The first-order valence-corrected chi connectivity index (χ1v) is 48.2. The molecule has 0 saturated carbocycles. The molecule has 6 atom stereocenters. The lowest BCUT2D eigenvalue weighted by molar-refractivity contribution is -0.00879. The zero-order valence-corrected chi connectivity index (χ0v) is 78.8. The number of aromatic hydroxyl groups is 1. The van der Waals surface area contributed by atoms with Crippen LogP contribution in [0.3, 0.4) is 0 Å². The zero-order valence-electron chi connectivity index (χ0n) is 78.0. The molecule has 0 radical (unpaired) electrons. The number of nitriles is 6. The second-order valence-corrected chi connectivity index (χ2v) is 38.6. The van der Waals surface area contributed by atoms with Crippen LogP contribution in [0.15, 0.2) is 195 Å². The van der Waals surface area contributed by atoms with Crippen molar-refractivity contribution >= 4 is 44.1 Å². The number of aryl methyl sites for hydroxylation is 1. The van der Waals surface area contributed by atoms with Crippen molar-refractivity contribution < 1.29 is 55.6 Å². The van der Waals surface area contributed by atoms with E-state index in [-0.39, 0.29) is 30.5 Å². The summed E-state index contributed by atoms with van der Waals surface area (Å²) >= 11 is 0. The van der Waals surface area contributed by atoms with Gasteiger partial charge < -0.3 is 57.7 Å². The van der Waals surface area contributed by atoms with Gasteiger partial charge in [-0.05, 0) is 148 Å². The van der Waals surface area contributed by atoms with Gasteiger partial charge in [0.1, 0.15) is 66.1 Å². The number of anilines is 3. The van der Waals surface area contributed by atoms with Crippen LogP contribution >= 0.6 is 0 Å². The van der Waals surface area contributed by atoms with E-state index in [1.807, 2.05) is 92.5 Å². The Labute approximate surface area is 809 Å². The number of hydrogen-bond donors (Lipinski definition) is 1. The summed E-state index contributed by atoms with van der Waals surface area (Å²) in [5, 5.41) is 81.0. The standard InChI is InChI=1S/2C32H32N8O3.C25H23N7O2.C14H17NO4S/c2*1-41-30-5-2-22(13-36-30)16-39-25-10-26(39)18-38(17-25)29-4-3-23(14-35-29)28-11-27(19-40-31(28)24(12-33)15-37-40)43-21-32(20-34)6-8-42-9-7-32;1-34-24-5-2-16(9-28-24)12-31-19-6-20(31)14-30(13-19)23-4-3-17(10-27-23)22-7-21(33)15-32-25(22)18(8-26)11-29-32;1-12-2-4-13(5-3-12)20(16,17)19-11-14(10-15)6-8-18-9-7-14/h2*2-5,11,13-15,19,25-26H,6-10,16-18,21H2,1H3;2-5,7,9-11,15,19-20,33H,6,12-14H2,1H3;2-5H,6-9,11H2,1H3. The van der Waals surface area contributed by atoms with E-state index in [9.17, 15) is 45.1 Å². The van der Waals surface area contributed by atoms with Gasteiger partial charge in [-0.2, -0.15) is 55.3 Å². The Kier molecular flexibility index (Phi) is 27.5. The van der Waals surface area contributed by atoms with Crippen molar-refractivity contribution in [3.8, 4) is 105 Å². The highest BCUT2D eigenvalue weighted by atomic mass is 32.2. The molecule has 0 aliphatic carbocycles. The molecule has 24 heterocycles. The summed E-state index contributed by atoms with van der Waals surface area (Å²) in [7, 11) is 1.07. The molecule has 12 saturated heterocycles. The topological polar surface area (TPSA) is 429 Å². The lowest BCUT2D eigenvalue weighted by atomic mass is 9.83. The van der Waals surface area contributed by atoms with Gasteiger partial charge in [0.05, 0.1) is 138 Å². The first kappa shape index (κ1) is 94.0. The molecule has 13 aromatic rings. The smallest absolute Gasteiger partial charge is 0.297 e. The number of benzene rings is 1. The Morgan fingerprint density at radius 2 is 0.729 bits per heavy atom. The van der Waals surface area contributed by atoms with Crippen LogP contribution in [0, 0.1) is 91.2 Å². The van der Waals surface area contributed by atoms with Crippen molar-refractivity contribution in [2.75, 3.05) is 135 Å². The molecule has 12 fully saturated rings. The second kappa shape index (κ2) is 41.0. The lowest BCUT2D eigenvalue weighted by Gasteiger charge is -2.56. The molecule has 25 rings (SSSR count). The molecule has 36 nitrogen and oxygen atoms in total. The third-order valence-electron chi connectivity index (χ3n) is 28.3. The Bertz CT molecular complexity index is 6730. The van der Waals surface area contributed by atoms with Crippen LogP contribution < -0.4 is 38.4 Å². The minimum atomic E-state index is -3.82. The van der Waals surface area contributed by atoms with Crippen molar-refractivity contribution in [2.24, 2.45) is 16.2 Å². The van der Waals surface area contributed by atoms with Crippen LogP contribution in [0.4, 0.5) is 17.5 Å². The van der Waals surface area contributed by atoms with E-state index < -0.39 is 26.4 Å². The first-order valence-electron chi connectivity index (χ1n) is 46.8. The maximum absolute atomic E-state index is 12.1. The maximum Gasteiger partial charge on any atom is 0.297 e. The Morgan fingerprint density at radius 3 is 1.03 bits per heavy atom. The zero-order chi connectivity index (χ0) is 96.7. The largest absolute Gasteiger partial charge is 0.506 e. The molecular weight excluding hydrogens is 1800 g/mol. The number of rotatable bonds is 25. The first-order chi connectivity index (χ1) is 68.2. The molecule has 714 valence electrons.